The second kappa shape index (κ2) is 27.0. The molecule has 4 amide bonds. The summed E-state index contributed by atoms with van der Waals surface area (Å²) in [6.45, 7) is 16.5. The summed E-state index contributed by atoms with van der Waals surface area (Å²) in [5, 5.41) is 29.7. The van der Waals surface area contributed by atoms with E-state index in [9.17, 15) is 24.3 Å². The minimum absolute atomic E-state index is 0.0236. The van der Waals surface area contributed by atoms with Crippen molar-refractivity contribution in [1.29, 1.82) is 0 Å². The van der Waals surface area contributed by atoms with E-state index in [-0.39, 0.29) is 57.6 Å². The van der Waals surface area contributed by atoms with E-state index in [1.165, 1.54) is 9.78 Å². The number of aryl methyl sites for hydroxylation is 3. The summed E-state index contributed by atoms with van der Waals surface area (Å²) in [7, 11) is 0. The van der Waals surface area contributed by atoms with Crippen LogP contribution in [-0.2, 0) is 49.4 Å². The first kappa shape index (κ1) is 57.2. The molecule has 2 aliphatic rings. The van der Waals surface area contributed by atoms with Crippen molar-refractivity contribution in [1.82, 2.24) is 40.6 Å². The molecule has 0 aliphatic carbocycles. The Labute approximate surface area is 450 Å². The quantitative estimate of drug-likeness (QED) is 0.0493. The maximum absolute atomic E-state index is 13.9. The maximum Gasteiger partial charge on any atom is 0.246 e. The molecule has 7 rings (SSSR count). The van der Waals surface area contributed by atoms with Crippen LogP contribution in [0, 0.1) is 33.1 Å². The Morgan fingerprint density at radius 2 is 1.44 bits per heavy atom. The largest absolute Gasteiger partial charge is 0.391 e. The van der Waals surface area contributed by atoms with Crippen molar-refractivity contribution < 1.29 is 48.0 Å². The van der Waals surface area contributed by atoms with Crippen LogP contribution in [0.4, 0.5) is 0 Å². The van der Waals surface area contributed by atoms with E-state index in [2.05, 4.69) is 45.0 Å². The number of nitrogens with zero attached hydrogens (tertiary/aromatic N) is 6. The molecule has 1 fully saturated rings. The second-order valence-electron chi connectivity index (χ2n) is 19.4. The first-order valence-corrected chi connectivity index (χ1v) is 27.1. The number of amides is 4. The lowest BCUT2D eigenvalue weighted by atomic mass is 9.85. The number of aliphatic hydroxyl groups excluding tert-OH is 1. The third-order valence-electron chi connectivity index (χ3n) is 12.7. The van der Waals surface area contributed by atoms with Crippen molar-refractivity contribution >= 4 is 63.6 Å². The average Bonchev–Trinajstić information content (AvgIpc) is 4.17. The molecule has 404 valence electrons. The number of benzene rings is 2. The standard InChI is InChI=1S/C53H68ClN9O10S2/c1-32-34(3)75-52-45(32)46(37-12-14-39(54)15-13-37)58-41(49-61-60-35(4)63(49)52)27-43(65)55-16-17-69-18-19-70-20-21-71-22-23-72-24-25-73-30-44(66)59-48(53(5,6)7)51(68)62-29-40(64)26-42(62)50(67)56-28-36-8-10-38(11-9-36)47-33(2)57-31-74-47/h8-15,31,40-42,48,64H,16-30H2,1-7H3,(H,55,65)(H,56,67)(H,59,66)/t40-,41+,42+,48?/m1/s1. The number of hydrogen-bond donors (Lipinski definition) is 4. The Balaban J connectivity index is 0.716. The van der Waals surface area contributed by atoms with Gasteiger partial charge in [0.05, 0.1) is 93.8 Å². The van der Waals surface area contributed by atoms with Crippen LogP contribution < -0.4 is 16.0 Å². The molecule has 0 radical (unpaired) electrons. The molecule has 22 heteroatoms. The van der Waals surface area contributed by atoms with Crippen LogP contribution in [0.15, 0.2) is 59.0 Å². The first-order chi connectivity index (χ1) is 36.0. The van der Waals surface area contributed by atoms with Crippen LogP contribution in [0.1, 0.15) is 84.1 Å². The fourth-order valence-electron chi connectivity index (χ4n) is 8.67. The SMILES string of the molecule is Cc1ncsc1-c1ccc(CNC(=O)[C@@H]2C[C@@H](O)CN2C(=O)C(NC(=O)COCCOCCOCCOCCOCCNC(=O)C[C@@H]2N=C(c3ccc(Cl)cc3)c3c(sc(C)c3C)-n3c(C)nnc32)C(C)(C)C)cc1. The zero-order chi connectivity index (χ0) is 53.6. The number of nitrogens with one attached hydrogen (secondary N) is 3. The highest BCUT2D eigenvalue weighted by Gasteiger charge is 2.44. The number of likely N-dealkylation sites (tertiary alicyclic amines) is 1. The number of thiophene rings is 1. The van der Waals surface area contributed by atoms with Crippen LogP contribution in [0.3, 0.4) is 0 Å². The predicted octanol–water partition coefficient (Wildman–Crippen LogP) is 5.63. The number of aromatic nitrogens is 4. The minimum Gasteiger partial charge on any atom is -0.391 e. The van der Waals surface area contributed by atoms with E-state index in [4.69, 9.17) is 40.3 Å². The van der Waals surface area contributed by atoms with Gasteiger partial charge >= 0.3 is 0 Å². The van der Waals surface area contributed by atoms with E-state index in [0.29, 0.717) is 63.6 Å². The van der Waals surface area contributed by atoms with Gasteiger partial charge in [-0.25, -0.2) is 4.98 Å². The van der Waals surface area contributed by atoms with Gasteiger partial charge in [-0.1, -0.05) is 68.8 Å². The number of fused-ring (bicyclic) bond motifs is 3. The van der Waals surface area contributed by atoms with Crippen molar-refractivity contribution in [2.24, 2.45) is 10.4 Å². The Bertz CT molecular complexity index is 2760. The summed E-state index contributed by atoms with van der Waals surface area (Å²) in [5.74, 6) is -0.165. The molecule has 2 aliphatic heterocycles. The van der Waals surface area contributed by atoms with E-state index in [0.717, 1.165) is 54.9 Å². The van der Waals surface area contributed by atoms with Crippen LogP contribution in [0.2, 0.25) is 5.02 Å². The summed E-state index contributed by atoms with van der Waals surface area (Å²) in [5.41, 5.74) is 7.81. The Morgan fingerprint density at radius 1 is 0.813 bits per heavy atom. The molecule has 4 atom stereocenters. The monoisotopic (exact) mass is 1090 g/mol. The summed E-state index contributed by atoms with van der Waals surface area (Å²) < 4.78 is 30.0. The van der Waals surface area contributed by atoms with Gasteiger partial charge in [0.1, 0.15) is 35.6 Å². The van der Waals surface area contributed by atoms with E-state index >= 15 is 0 Å². The fourth-order valence-corrected chi connectivity index (χ4v) is 10.8. The zero-order valence-corrected chi connectivity index (χ0v) is 46.0. The lowest BCUT2D eigenvalue weighted by Crippen LogP contribution is -2.58. The molecule has 19 nitrogen and oxygen atoms in total. The van der Waals surface area contributed by atoms with E-state index < -0.39 is 41.5 Å². The van der Waals surface area contributed by atoms with Gasteiger partial charge in [0, 0.05) is 47.1 Å². The van der Waals surface area contributed by atoms with Crippen LogP contribution in [0.5, 0.6) is 0 Å². The van der Waals surface area contributed by atoms with Crippen molar-refractivity contribution in [2.45, 2.75) is 92.1 Å². The van der Waals surface area contributed by atoms with Gasteiger partial charge in [0.25, 0.3) is 0 Å². The zero-order valence-electron chi connectivity index (χ0n) is 43.6. The summed E-state index contributed by atoms with van der Waals surface area (Å²) in [6.07, 6.45) is -0.707. The second-order valence-corrected chi connectivity index (χ2v) is 21.9. The number of aliphatic imine (C=N–C) groups is 1. The number of rotatable bonds is 26. The third-order valence-corrected chi connectivity index (χ3v) is 15.2. The predicted molar refractivity (Wildman–Crippen MR) is 287 cm³/mol. The number of hydrogen-bond acceptors (Lipinski definition) is 16. The molecule has 0 saturated carbocycles. The number of carbonyl (C=O) groups excluding carboxylic acids is 4. The normalized spacial score (nSPS) is 16.7. The Kier molecular flexibility index (Phi) is 20.6. The van der Waals surface area contributed by atoms with Gasteiger partial charge < -0.3 is 49.6 Å². The van der Waals surface area contributed by atoms with E-state index in [1.54, 1.807) is 22.7 Å². The smallest absolute Gasteiger partial charge is 0.246 e. The number of carbonyl (C=O) groups is 4. The van der Waals surface area contributed by atoms with Gasteiger partial charge in [-0.05, 0) is 61.9 Å². The van der Waals surface area contributed by atoms with Crippen molar-refractivity contribution in [3.05, 3.63) is 104 Å². The molecule has 2 aromatic carbocycles. The molecule has 1 saturated heterocycles. The molecular formula is C53H68ClN9O10S2. The topological polar surface area (TPSA) is 230 Å². The highest BCUT2D eigenvalue weighted by atomic mass is 35.5. The van der Waals surface area contributed by atoms with Crippen molar-refractivity contribution in [3.63, 3.8) is 0 Å². The summed E-state index contributed by atoms with van der Waals surface area (Å²) in [4.78, 5) is 66.7. The first-order valence-electron chi connectivity index (χ1n) is 25.1. The lowest BCUT2D eigenvalue weighted by molar-refractivity contribution is -0.144. The van der Waals surface area contributed by atoms with Crippen molar-refractivity contribution in [2.75, 3.05) is 79.2 Å². The number of halogens is 1. The van der Waals surface area contributed by atoms with Gasteiger partial charge in [-0.15, -0.1) is 32.9 Å². The van der Waals surface area contributed by atoms with Gasteiger partial charge in [0.2, 0.25) is 23.6 Å². The number of β-amino-alcohol motifs (C(OH)–C–C–N with tert-alkyl or cyclic N) is 1. The van der Waals surface area contributed by atoms with Crippen molar-refractivity contribution in [3.8, 4) is 15.4 Å². The van der Waals surface area contributed by atoms with Crippen LogP contribution in [-0.4, -0.2) is 156 Å². The van der Waals surface area contributed by atoms with Gasteiger partial charge in [0.15, 0.2) is 5.82 Å². The van der Waals surface area contributed by atoms with Gasteiger partial charge in [-0.2, -0.15) is 0 Å². The molecule has 1 unspecified atom stereocenters. The highest BCUT2D eigenvalue weighted by Crippen LogP contribution is 2.40. The lowest BCUT2D eigenvalue weighted by Gasteiger charge is -2.35. The number of thiazole rings is 1. The number of ether oxygens (including phenoxy) is 5. The number of aliphatic hydroxyl groups is 1. The third kappa shape index (κ3) is 15.4. The molecule has 0 bridgehead atoms. The van der Waals surface area contributed by atoms with Crippen LogP contribution in [0.25, 0.3) is 15.4 Å². The molecule has 5 heterocycles. The molecule has 4 N–H and O–H groups in total. The summed E-state index contributed by atoms with van der Waals surface area (Å²) >= 11 is 9.46. The highest BCUT2D eigenvalue weighted by molar-refractivity contribution is 7.15. The average molecular weight is 1090 g/mol. The molecule has 75 heavy (non-hydrogen) atoms. The van der Waals surface area contributed by atoms with Crippen LogP contribution >= 0.6 is 34.3 Å². The Morgan fingerprint density at radius 3 is 2.07 bits per heavy atom. The molecule has 0 spiro atoms. The van der Waals surface area contributed by atoms with Gasteiger partial charge in [-0.3, -0.25) is 28.7 Å². The Hall–Kier alpha value is -5.49. The molecular weight excluding hydrogens is 1020 g/mol. The molecule has 3 aromatic heterocycles. The molecule has 5 aromatic rings. The minimum atomic E-state index is -0.974. The summed E-state index contributed by atoms with van der Waals surface area (Å²) in [6, 6.07) is 13.0. The maximum atomic E-state index is 13.9. The van der Waals surface area contributed by atoms with E-state index in [1.807, 2.05) is 93.2 Å². The fraction of sp³-hybridized carbons (Fsp3) is 0.509.